The van der Waals surface area contributed by atoms with Crippen molar-refractivity contribution in [3.63, 3.8) is 0 Å². The van der Waals surface area contributed by atoms with E-state index in [0.717, 1.165) is 25.2 Å². The molecule has 3 heteroatoms. The van der Waals surface area contributed by atoms with Crippen molar-refractivity contribution in [2.75, 3.05) is 20.1 Å². The minimum absolute atomic E-state index is 0.157. The first-order chi connectivity index (χ1) is 8.47. The lowest BCUT2D eigenvalue weighted by Gasteiger charge is -2.22. The molecule has 0 radical (unpaired) electrons. The van der Waals surface area contributed by atoms with Crippen LogP contribution < -0.4 is 5.32 Å². The van der Waals surface area contributed by atoms with Crippen LogP contribution in [0.4, 0.5) is 4.39 Å². The first-order valence-corrected chi connectivity index (χ1v) is 6.63. The molecule has 1 atom stereocenters. The van der Waals surface area contributed by atoms with Crippen molar-refractivity contribution in [2.24, 2.45) is 5.92 Å². The monoisotopic (exact) mass is 252 g/mol. The van der Waals surface area contributed by atoms with Crippen molar-refractivity contribution in [2.45, 2.75) is 33.4 Å². The molecule has 0 spiro atoms. The third-order valence-electron chi connectivity index (χ3n) is 2.84. The van der Waals surface area contributed by atoms with Gasteiger partial charge in [-0.3, -0.25) is 0 Å². The highest BCUT2D eigenvalue weighted by Crippen LogP contribution is 2.07. The lowest BCUT2D eigenvalue weighted by atomic mass is 10.1. The van der Waals surface area contributed by atoms with Crippen LogP contribution in [0, 0.1) is 11.7 Å². The number of nitrogens with one attached hydrogen (secondary N) is 1. The number of rotatable bonds is 7. The maximum Gasteiger partial charge on any atom is 0.123 e. The molecule has 0 aliphatic carbocycles. The summed E-state index contributed by atoms with van der Waals surface area (Å²) < 4.78 is 13.1. The lowest BCUT2D eigenvalue weighted by molar-refractivity contribution is 0.271. The van der Waals surface area contributed by atoms with E-state index < -0.39 is 0 Å². The zero-order chi connectivity index (χ0) is 13.5. The van der Waals surface area contributed by atoms with Crippen LogP contribution in [0.5, 0.6) is 0 Å². The van der Waals surface area contributed by atoms with Crippen LogP contribution in [0.1, 0.15) is 26.3 Å². The van der Waals surface area contributed by atoms with Crippen LogP contribution in [-0.4, -0.2) is 31.1 Å². The molecule has 1 unspecified atom stereocenters. The second-order valence-electron chi connectivity index (χ2n) is 5.49. The summed E-state index contributed by atoms with van der Waals surface area (Å²) in [6, 6.07) is 7.35. The molecule has 1 aromatic carbocycles. The van der Waals surface area contributed by atoms with Gasteiger partial charge in [-0.15, -0.1) is 0 Å². The molecule has 0 aliphatic rings. The van der Waals surface area contributed by atoms with E-state index in [9.17, 15) is 4.39 Å². The molecule has 0 fully saturated rings. The molecule has 0 bridgehead atoms. The van der Waals surface area contributed by atoms with Gasteiger partial charge in [-0.25, -0.2) is 4.39 Å². The van der Waals surface area contributed by atoms with Crippen molar-refractivity contribution < 1.29 is 4.39 Å². The van der Waals surface area contributed by atoms with Crippen LogP contribution in [0.25, 0.3) is 0 Å². The molecule has 0 saturated carbocycles. The van der Waals surface area contributed by atoms with Crippen molar-refractivity contribution in [3.8, 4) is 0 Å². The summed E-state index contributed by atoms with van der Waals surface area (Å²) in [5, 5.41) is 3.44. The molecule has 102 valence electrons. The molecule has 1 N–H and O–H groups in total. The number of nitrogens with zero attached hydrogens (tertiary/aromatic N) is 1. The van der Waals surface area contributed by atoms with Gasteiger partial charge in [-0.05, 0) is 37.2 Å². The molecule has 2 nitrogen and oxygen atoms in total. The Kier molecular flexibility index (Phi) is 6.30. The van der Waals surface area contributed by atoms with Crippen molar-refractivity contribution in [1.29, 1.82) is 0 Å². The van der Waals surface area contributed by atoms with Crippen molar-refractivity contribution in [3.05, 3.63) is 35.6 Å². The van der Waals surface area contributed by atoms with Gasteiger partial charge >= 0.3 is 0 Å². The highest BCUT2D eigenvalue weighted by Gasteiger charge is 2.07. The van der Waals surface area contributed by atoms with Gasteiger partial charge in [0.05, 0.1) is 0 Å². The normalized spacial score (nSPS) is 13.3. The molecule has 0 saturated heterocycles. The van der Waals surface area contributed by atoms with Crippen LogP contribution in [0.3, 0.4) is 0 Å². The van der Waals surface area contributed by atoms with Gasteiger partial charge in [-0.1, -0.05) is 32.9 Å². The van der Waals surface area contributed by atoms with Crippen LogP contribution >= 0.6 is 0 Å². The molecule has 0 aliphatic heterocycles. The predicted molar refractivity (Wildman–Crippen MR) is 75.0 cm³/mol. The summed E-state index contributed by atoms with van der Waals surface area (Å²) in [7, 11) is 2.08. The molecular weight excluding hydrogens is 227 g/mol. The summed E-state index contributed by atoms with van der Waals surface area (Å²) in [5.74, 6) is 0.432. The Morgan fingerprint density at radius 2 is 2.00 bits per heavy atom. The fourth-order valence-corrected chi connectivity index (χ4v) is 2.05. The van der Waals surface area contributed by atoms with Gasteiger partial charge in [-0.2, -0.15) is 0 Å². The van der Waals surface area contributed by atoms with E-state index in [1.54, 1.807) is 12.1 Å². The van der Waals surface area contributed by atoms with Gasteiger partial charge in [0.25, 0.3) is 0 Å². The average Bonchev–Trinajstić information content (AvgIpc) is 2.26. The first-order valence-electron chi connectivity index (χ1n) is 6.63. The molecule has 1 aromatic rings. The predicted octanol–water partition coefficient (Wildman–Crippen LogP) is 2.89. The van der Waals surface area contributed by atoms with E-state index in [0.29, 0.717) is 12.0 Å². The minimum Gasteiger partial charge on any atom is -0.314 e. The van der Waals surface area contributed by atoms with Gasteiger partial charge in [0.15, 0.2) is 0 Å². The summed E-state index contributed by atoms with van der Waals surface area (Å²) >= 11 is 0. The highest BCUT2D eigenvalue weighted by atomic mass is 19.1. The Bertz CT molecular complexity index is 352. The second-order valence-corrected chi connectivity index (χ2v) is 5.49. The number of hydrogen-bond acceptors (Lipinski definition) is 2. The second kappa shape index (κ2) is 7.49. The van der Waals surface area contributed by atoms with E-state index in [-0.39, 0.29) is 5.82 Å². The standard InChI is InChI=1S/C15H25FN2/c1-12(2)17-9-13(3)10-18(4)11-14-6-5-7-15(16)8-14/h5-8,12-13,17H,9-11H2,1-4H3. The van der Waals surface area contributed by atoms with E-state index in [4.69, 9.17) is 0 Å². The van der Waals surface area contributed by atoms with E-state index in [1.807, 2.05) is 6.07 Å². The smallest absolute Gasteiger partial charge is 0.123 e. The maximum absolute atomic E-state index is 13.1. The van der Waals surface area contributed by atoms with E-state index in [1.165, 1.54) is 6.07 Å². The van der Waals surface area contributed by atoms with Gasteiger partial charge in [0, 0.05) is 19.1 Å². The van der Waals surface area contributed by atoms with Crippen LogP contribution in [-0.2, 0) is 6.54 Å². The zero-order valence-electron chi connectivity index (χ0n) is 11.9. The third-order valence-corrected chi connectivity index (χ3v) is 2.84. The van der Waals surface area contributed by atoms with Gasteiger partial charge in [0.1, 0.15) is 5.82 Å². The molecule has 1 rings (SSSR count). The highest BCUT2D eigenvalue weighted by molar-refractivity contribution is 5.15. The topological polar surface area (TPSA) is 15.3 Å². The van der Waals surface area contributed by atoms with Crippen molar-refractivity contribution in [1.82, 2.24) is 10.2 Å². The van der Waals surface area contributed by atoms with Crippen LogP contribution in [0.15, 0.2) is 24.3 Å². The molecule has 0 heterocycles. The average molecular weight is 252 g/mol. The molecular formula is C15H25FN2. The SMILES string of the molecule is CC(CNC(C)C)CN(C)Cc1cccc(F)c1. The largest absolute Gasteiger partial charge is 0.314 e. The Balaban J connectivity index is 2.34. The van der Waals surface area contributed by atoms with Crippen molar-refractivity contribution >= 4 is 0 Å². The Labute approximate surface area is 110 Å². The molecule has 0 aromatic heterocycles. The summed E-state index contributed by atoms with van der Waals surface area (Å²) in [4.78, 5) is 2.24. The van der Waals surface area contributed by atoms with E-state index >= 15 is 0 Å². The maximum atomic E-state index is 13.1. The van der Waals surface area contributed by atoms with E-state index in [2.05, 4.69) is 38.0 Å². The lowest BCUT2D eigenvalue weighted by Crippen LogP contribution is -2.33. The Hall–Kier alpha value is -0.930. The zero-order valence-corrected chi connectivity index (χ0v) is 11.9. The van der Waals surface area contributed by atoms with Crippen LogP contribution in [0.2, 0.25) is 0 Å². The minimum atomic E-state index is -0.157. The molecule has 18 heavy (non-hydrogen) atoms. The summed E-state index contributed by atoms with van der Waals surface area (Å²) in [5.41, 5.74) is 1.03. The quantitative estimate of drug-likeness (QED) is 0.802. The molecule has 0 amide bonds. The number of hydrogen-bond donors (Lipinski definition) is 1. The van der Waals surface area contributed by atoms with Gasteiger partial charge in [0.2, 0.25) is 0 Å². The number of halogens is 1. The Morgan fingerprint density at radius 3 is 2.61 bits per heavy atom. The Morgan fingerprint density at radius 1 is 1.28 bits per heavy atom. The fourth-order valence-electron chi connectivity index (χ4n) is 2.05. The summed E-state index contributed by atoms with van der Waals surface area (Å²) in [6.07, 6.45) is 0. The first kappa shape index (κ1) is 15.1. The summed E-state index contributed by atoms with van der Waals surface area (Å²) in [6.45, 7) is 9.37. The fraction of sp³-hybridized carbons (Fsp3) is 0.600. The third kappa shape index (κ3) is 6.12. The van der Waals surface area contributed by atoms with Gasteiger partial charge < -0.3 is 10.2 Å². The number of benzene rings is 1.